The number of nitrogens with one attached hydrogen (secondary N) is 2. The minimum absolute atomic E-state index is 0.0706. The molecule has 0 saturated carbocycles. The van der Waals surface area contributed by atoms with Crippen molar-refractivity contribution in [3.8, 4) is 11.1 Å². The Morgan fingerprint density at radius 3 is 2.50 bits per heavy atom. The van der Waals surface area contributed by atoms with Crippen LogP contribution in [0.15, 0.2) is 36.5 Å². The topological polar surface area (TPSA) is 154 Å². The van der Waals surface area contributed by atoms with E-state index in [1.54, 1.807) is 34.7 Å². The van der Waals surface area contributed by atoms with Gasteiger partial charge in [0.05, 0.1) is 37.0 Å². The third kappa shape index (κ3) is 5.64. The van der Waals surface area contributed by atoms with E-state index in [0.29, 0.717) is 59.2 Å². The second kappa shape index (κ2) is 12.4. The molecule has 4 bridgehead atoms. The van der Waals surface area contributed by atoms with Crippen molar-refractivity contribution in [3.05, 3.63) is 48.0 Å². The Balaban J connectivity index is 1.36. The number of ketones is 1. The number of halogens is 1. The lowest BCUT2D eigenvalue weighted by atomic mass is 9.88. The van der Waals surface area contributed by atoms with E-state index in [4.69, 9.17) is 9.84 Å². The van der Waals surface area contributed by atoms with Gasteiger partial charge in [0.2, 0.25) is 11.8 Å². The van der Waals surface area contributed by atoms with Crippen LogP contribution in [0.1, 0.15) is 51.1 Å². The molecule has 1 fully saturated rings. The number of aromatic nitrogens is 4. The largest absolute Gasteiger partial charge is 0.465 e. The van der Waals surface area contributed by atoms with E-state index < -0.39 is 23.6 Å². The fourth-order valence-electron chi connectivity index (χ4n) is 6.55. The standard InChI is InChI=1S/C32H34FN7O6/c1-3-46-30(45)17-35-27(42)16-34-28(43)18-38-25-6-4-5-22-23-14-26-21(13-24(23)33)15-36-39(26)40(29(44)8-7-19(2)41)11-9-20(10-12-40)32(37-38)31(22)25/h4-6,13-15,20H,3,7-12,16-18H2,1-2H3,(H-,34,35,42,43)/p+1. The second-order valence-corrected chi connectivity index (χ2v) is 11.8. The van der Waals surface area contributed by atoms with E-state index >= 15 is 4.39 Å². The molecular weight excluding hydrogens is 597 g/mol. The van der Waals surface area contributed by atoms with Gasteiger partial charge >= 0.3 is 11.9 Å². The fourth-order valence-corrected chi connectivity index (χ4v) is 6.55. The second-order valence-electron chi connectivity index (χ2n) is 11.8. The number of carbonyl (C=O) groups excluding carboxylic acids is 5. The summed E-state index contributed by atoms with van der Waals surface area (Å²) in [5, 5.41) is 15.7. The first-order valence-corrected chi connectivity index (χ1v) is 15.4. The zero-order chi connectivity index (χ0) is 32.6. The first-order chi connectivity index (χ1) is 22.1. The SMILES string of the molecule is CCOC(=O)CNC(=O)CNC(=O)Cn1nc2c3c(cccc31)-c1cc3c(cnn3[N+]3(C(=O)CCC(C)=O)CCC2CC3)cc1F. The molecule has 0 atom stereocenters. The third-order valence-corrected chi connectivity index (χ3v) is 8.81. The van der Waals surface area contributed by atoms with Crippen LogP contribution in [0.3, 0.4) is 0 Å². The summed E-state index contributed by atoms with van der Waals surface area (Å²) >= 11 is 0. The van der Waals surface area contributed by atoms with Crippen molar-refractivity contribution < 1.29 is 33.1 Å². The van der Waals surface area contributed by atoms with Crippen LogP contribution in [0.25, 0.3) is 32.9 Å². The molecular formula is C32H35FN7O6+. The molecule has 14 heteroatoms. The minimum Gasteiger partial charge on any atom is -0.465 e. The zero-order valence-electron chi connectivity index (χ0n) is 25.7. The Hall–Kier alpha value is -4.98. The summed E-state index contributed by atoms with van der Waals surface area (Å²) in [4.78, 5) is 63.9. The number of Topliss-reactive ketones (excluding diaryl/α,β-unsaturated/α-hetero) is 1. The molecule has 3 amide bonds. The Morgan fingerprint density at radius 1 is 1.00 bits per heavy atom. The molecule has 4 aromatic rings. The molecule has 0 aliphatic carbocycles. The normalized spacial score (nSPS) is 18.4. The molecule has 3 aliphatic heterocycles. The van der Waals surface area contributed by atoms with E-state index in [1.165, 1.54) is 13.0 Å². The van der Waals surface area contributed by atoms with Gasteiger partial charge < -0.3 is 20.2 Å². The van der Waals surface area contributed by atoms with Gasteiger partial charge in [-0.2, -0.15) is 5.10 Å². The van der Waals surface area contributed by atoms with Crippen molar-refractivity contribution in [3.63, 3.8) is 0 Å². The van der Waals surface area contributed by atoms with Gasteiger partial charge in [-0.15, -0.1) is 9.69 Å². The zero-order valence-corrected chi connectivity index (χ0v) is 25.7. The molecule has 46 heavy (non-hydrogen) atoms. The van der Waals surface area contributed by atoms with E-state index in [-0.39, 0.29) is 61.3 Å². The van der Waals surface area contributed by atoms with Crippen LogP contribution in [0, 0.1) is 5.82 Å². The molecule has 3 aliphatic rings. The number of amides is 3. The number of rotatable bonds is 10. The van der Waals surface area contributed by atoms with Crippen LogP contribution < -0.4 is 15.2 Å². The maximum absolute atomic E-state index is 15.8. The average Bonchev–Trinajstić information content (AvgIpc) is 3.62. The fraction of sp³-hybridized carbons (Fsp3) is 0.406. The average molecular weight is 633 g/mol. The molecule has 13 nitrogen and oxygen atoms in total. The summed E-state index contributed by atoms with van der Waals surface area (Å²) < 4.78 is 22.1. The summed E-state index contributed by atoms with van der Waals surface area (Å²) in [5.41, 5.74) is 2.88. The number of ether oxygens (including phenoxy) is 1. The van der Waals surface area contributed by atoms with Gasteiger partial charge in [-0.25, -0.2) is 9.18 Å². The number of hydrogen-bond donors (Lipinski definition) is 2. The molecule has 0 radical (unpaired) electrons. The summed E-state index contributed by atoms with van der Waals surface area (Å²) in [6.07, 6.45) is 2.91. The monoisotopic (exact) mass is 632 g/mol. The van der Waals surface area contributed by atoms with Crippen LogP contribution in [-0.4, -0.2) is 81.9 Å². The number of hydrogen-bond acceptors (Lipinski definition) is 8. The van der Waals surface area contributed by atoms with Gasteiger partial charge in [0.1, 0.15) is 43.3 Å². The van der Waals surface area contributed by atoms with Crippen molar-refractivity contribution in [1.82, 2.24) is 34.9 Å². The van der Waals surface area contributed by atoms with Gasteiger partial charge in [0.25, 0.3) is 0 Å². The van der Waals surface area contributed by atoms with E-state index in [9.17, 15) is 24.0 Å². The van der Waals surface area contributed by atoms with Crippen LogP contribution in [0.2, 0.25) is 0 Å². The highest BCUT2D eigenvalue weighted by atomic mass is 19.1. The summed E-state index contributed by atoms with van der Waals surface area (Å²) in [7, 11) is 0. The minimum atomic E-state index is -0.576. The Kier molecular flexibility index (Phi) is 8.38. The molecule has 1 saturated heterocycles. The number of piperidine rings is 1. The highest BCUT2D eigenvalue weighted by Gasteiger charge is 2.46. The molecule has 2 N–H and O–H groups in total. The quantitative estimate of drug-likeness (QED) is 0.199. The van der Waals surface area contributed by atoms with E-state index in [0.717, 1.165) is 5.39 Å². The van der Waals surface area contributed by atoms with Crippen LogP contribution in [-0.2, 0) is 35.3 Å². The molecule has 0 spiro atoms. The van der Waals surface area contributed by atoms with Crippen LogP contribution in [0.4, 0.5) is 4.39 Å². The predicted octanol–water partition coefficient (Wildman–Crippen LogP) is 2.21. The van der Waals surface area contributed by atoms with Crippen LogP contribution >= 0.6 is 0 Å². The molecule has 2 aromatic heterocycles. The van der Waals surface area contributed by atoms with Crippen molar-refractivity contribution in [2.45, 2.75) is 52.0 Å². The van der Waals surface area contributed by atoms with E-state index in [2.05, 4.69) is 15.7 Å². The summed E-state index contributed by atoms with van der Waals surface area (Å²) in [5.74, 6) is -2.34. The number of benzene rings is 2. The number of esters is 1. The van der Waals surface area contributed by atoms with Crippen molar-refractivity contribution in [2.24, 2.45) is 0 Å². The lowest BCUT2D eigenvalue weighted by Crippen LogP contribution is -2.65. The Labute approximate surface area is 263 Å². The van der Waals surface area contributed by atoms with Gasteiger partial charge in [-0.1, -0.05) is 16.9 Å². The molecule has 7 rings (SSSR count). The maximum atomic E-state index is 15.8. The first-order valence-electron chi connectivity index (χ1n) is 15.4. The number of quaternary nitrogens is 1. The number of carbonyl (C=O) groups is 5. The van der Waals surface area contributed by atoms with Gasteiger partial charge in [0, 0.05) is 41.5 Å². The van der Waals surface area contributed by atoms with Crippen molar-refractivity contribution in [2.75, 3.05) is 32.8 Å². The van der Waals surface area contributed by atoms with Crippen molar-refractivity contribution in [1.29, 1.82) is 0 Å². The smallest absolute Gasteiger partial charge is 0.340 e. The Morgan fingerprint density at radius 2 is 1.76 bits per heavy atom. The van der Waals surface area contributed by atoms with Crippen LogP contribution in [0.5, 0.6) is 0 Å². The lowest BCUT2D eigenvalue weighted by molar-refractivity contribution is -0.143. The molecule has 0 unspecified atom stereocenters. The highest BCUT2D eigenvalue weighted by Crippen LogP contribution is 2.42. The van der Waals surface area contributed by atoms with Crippen molar-refractivity contribution >= 4 is 51.3 Å². The van der Waals surface area contributed by atoms with E-state index in [1.807, 2.05) is 12.1 Å². The number of fused-ring (bicyclic) bond motifs is 2. The predicted molar refractivity (Wildman–Crippen MR) is 165 cm³/mol. The first kappa shape index (κ1) is 31.0. The highest BCUT2D eigenvalue weighted by molar-refractivity contribution is 6.00. The third-order valence-electron chi connectivity index (χ3n) is 8.81. The molecule has 5 heterocycles. The van der Waals surface area contributed by atoms with Gasteiger partial charge in [-0.05, 0) is 37.6 Å². The van der Waals surface area contributed by atoms with Gasteiger partial charge in [-0.3, -0.25) is 19.1 Å². The number of nitrogens with zero attached hydrogens (tertiary/aromatic N) is 5. The summed E-state index contributed by atoms with van der Waals surface area (Å²) in [6, 6.07) is 8.56. The maximum Gasteiger partial charge on any atom is 0.340 e. The lowest BCUT2D eigenvalue weighted by Gasteiger charge is -2.39. The Bertz CT molecular complexity index is 1890. The molecule has 2 aromatic carbocycles. The summed E-state index contributed by atoms with van der Waals surface area (Å²) in [6.45, 7) is 3.29. The van der Waals surface area contributed by atoms with Gasteiger partial charge in [0.15, 0.2) is 0 Å². The molecule has 240 valence electrons.